The van der Waals surface area contributed by atoms with Crippen LogP contribution in [0.2, 0.25) is 0 Å². The Morgan fingerprint density at radius 2 is 2.00 bits per heavy atom. The molecule has 0 spiro atoms. The molecular formula is C12H10N2O2. The zero-order chi connectivity index (χ0) is 11.1. The van der Waals surface area contributed by atoms with Crippen molar-refractivity contribution < 1.29 is 9.59 Å². The standard InChI is InChI=1S/C12H10N2O2/c15-11-5-8(12(16)14-11)9-6-13-10-4-2-1-3-7(9)10/h1-4,6,8,13H,5H2,(H,14,15,16)/t8-/m1/s1. The van der Waals surface area contributed by atoms with Gasteiger partial charge in [0.15, 0.2) is 0 Å². The van der Waals surface area contributed by atoms with Gasteiger partial charge in [-0.3, -0.25) is 14.9 Å². The fraction of sp³-hybridized carbons (Fsp3) is 0.167. The molecule has 1 saturated heterocycles. The van der Waals surface area contributed by atoms with E-state index >= 15 is 0 Å². The average Bonchev–Trinajstić information content (AvgIpc) is 2.81. The van der Waals surface area contributed by atoms with E-state index in [0.29, 0.717) is 0 Å². The van der Waals surface area contributed by atoms with E-state index < -0.39 is 0 Å². The average molecular weight is 214 g/mol. The molecule has 4 heteroatoms. The molecular weight excluding hydrogens is 204 g/mol. The van der Waals surface area contributed by atoms with Crippen LogP contribution in [0, 0.1) is 0 Å². The molecule has 2 heterocycles. The Morgan fingerprint density at radius 3 is 2.75 bits per heavy atom. The molecule has 0 bridgehead atoms. The molecule has 1 aromatic heterocycles. The van der Waals surface area contributed by atoms with Crippen LogP contribution in [0.3, 0.4) is 0 Å². The van der Waals surface area contributed by atoms with Crippen LogP contribution in [-0.2, 0) is 9.59 Å². The van der Waals surface area contributed by atoms with E-state index in [-0.39, 0.29) is 24.2 Å². The summed E-state index contributed by atoms with van der Waals surface area (Å²) in [6.07, 6.45) is 2.06. The smallest absolute Gasteiger partial charge is 0.234 e. The number of aromatic nitrogens is 1. The number of amides is 2. The van der Waals surface area contributed by atoms with Gasteiger partial charge in [-0.2, -0.15) is 0 Å². The van der Waals surface area contributed by atoms with Crippen molar-refractivity contribution in [2.75, 3.05) is 0 Å². The number of imide groups is 1. The van der Waals surface area contributed by atoms with E-state index in [2.05, 4.69) is 10.3 Å². The lowest BCUT2D eigenvalue weighted by atomic mass is 9.97. The minimum atomic E-state index is -0.344. The van der Waals surface area contributed by atoms with Crippen LogP contribution >= 0.6 is 0 Å². The summed E-state index contributed by atoms with van der Waals surface area (Å²) in [5, 5.41) is 3.34. The highest BCUT2D eigenvalue weighted by Gasteiger charge is 2.33. The normalized spacial score (nSPS) is 20.4. The quantitative estimate of drug-likeness (QED) is 0.703. The number of fused-ring (bicyclic) bond motifs is 1. The third kappa shape index (κ3) is 1.23. The van der Waals surface area contributed by atoms with E-state index in [0.717, 1.165) is 16.5 Å². The first-order valence-electron chi connectivity index (χ1n) is 5.15. The van der Waals surface area contributed by atoms with Crippen LogP contribution in [0.5, 0.6) is 0 Å². The maximum absolute atomic E-state index is 11.6. The maximum Gasteiger partial charge on any atom is 0.234 e. The summed E-state index contributed by atoms with van der Waals surface area (Å²) < 4.78 is 0. The lowest BCUT2D eigenvalue weighted by Gasteiger charge is -2.03. The summed E-state index contributed by atoms with van der Waals surface area (Å²) in [4.78, 5) is 25.8. The summed E-state index contributed by atoms with van der Waals surface area (Å²) in [6, 6.07) is 7.77. The molecule has 0 aliphatic carbocycles. The second-order valence-corrected chi connectivity index (χ2v) is 3.96. The number of H-pyrrole nitrogens is 1. The van der Waals surface area contributed by atoms with Crippen LogP contribution in [-0.4, -0.2) is 16.8 Å². The molecule has 3 rings (SSSR count). The van der Waals surface area contributed by atoms with Gasteiger partial charge in [0.1, 0.15) is 0 Å². The number of aromatic amines is 1. The van der Waals surface area contributed by atoms with E-state index in [4.69, 9.17) is 0 Å². The summed E-state index contributed by atoms with van der Waals surface area (Å²) >= 11 is 0. The van der Waals surface area contributed by atoms with Crippen molar-refractivity contribution in [2.24, 2.45) is 0 Å². The Hall–Kier alpha value is -2.10. The van der Waals surface area contributed by atoms with E-state index in [1.165, 1.54) is 0 Å². The third-order valence-electron chi connectivity index (χ3n) is 2.97. The van der Waals surface area contributed by atoms with Gasteiger partial charge in [-0.05, 0) is 11.6 Å². The highest BCUT2D eigenvalue weighted by atomic mass is 16.2. The molecule has 1 fully saturated rings. The van der Waals surface area contributed by atoms with Gasteiger partial charge in [-0.15, -0.1) is 0 Å². The van der Waals surface area contributed by atoms with Gasteiger partial charge in [0, 0.05) is 23.5 Å². The van der Waals surface area contributed by atoms with E-state index in [9.17, 15) is 9.59 Å². The zero-order valence-electron chi connectivity index (χ0n) is 8.49. The second-order valence-electron chi connectivity index (χ2n) is 3.96. The number of rotatable bonds is 1. The molecule has 4 nitrogen and oxygen atoms in total. The van der Waals surface area contributed by atoms with Crippen LogP contribution in [0.25, 0.3) is 10.9 Å². The Morgan fingerprint density at radius 1 is 1.19 bits per heavy atom. The van der Waals surface area contributed by atoms with Gasteiger partial charge in [-0.1, -0.05) is 18.2 Å². The molecule has 1 aliphatic heterocycles. The predicted octanol–water partition coefficient (Wildman–Crippen LogP) is 1.30. The SMILES string of the molecule is O=C1C[C@H](c2c[nH]c3ccccc23)C(=O)N1. The minimum Gasteiger partial charge on any atom is -0.361 e. The fourth-order valence-corrected chi connectivity index (χ4v) is 2.19. The molecule has 80 valence electrons. The monoisotopic (exact) mass is 214 g/mol. The van der Waals surface area contributed by atoms with Crippen molar-refractivity contribution in [1.29, 1.82) is 0 Å². The van der Waals surface area contributed by atoms with Crippen molar-refractivity contribution in [2.45, 2.75) is 12.3 Å². The number of carbonyl (C=O) groups excluding carboxylic acids is 2. The van der Waals surface area contributed by atoms with Gasteiger partial charge >= 0.3 is 0 Å². The van der Waals surface area contributed by atoms with E-state index in [1.54, 1.807) is 0 Å². The van der Waals surface area contributed by atoms with Crippen molar-refractivity contribution in [1.82, 2.24) is 10.3 Å². The Labute approximate surface area is 91.6 Å². The molecule has 2 amide bonds. The summed E-state index contributed by atoms with van der Waals surface area (Å²) in [7, 11) is 0. The van der Waals surface area contributed by atoms with Crippen molar-refractivity contribution in [3.05, 3.63) is 36.0 Å². The molecule has 0 saturated carbocycles. The maximum atomic E-state index is 11.6. The summed E-state index contributed by atoms with van der Waals surface area (Å²) in [6.45, 7) is 0. The van der Waals surface area contributed by atoms with Gasteiger partial charge < -0.3 is 4.98 Å². The first kappa shape index (κ1) is 9.15. The Kier molecular flexibility index (Phi) is 1.83. The number of nitrogens with one attached hydrogen (secondary N) is 2. The van der Waals surface area contributed by atoms with Crippen LogP contribution in [0.1, 0.15) is 17.9 Å². The second kappa shape index (κ2) is 3.20. The third-order valence-corrected chi connectivity index (χ3v) is 2.97. The number of benzene rings is 1. The molecule has 2 aromatic rings. The highest BCUT2D eigenvalue weighted by molar-refractivity contribution is 6.07. The van der Waals surface area contributed by atoms with Crippen molar-refractivity contribution >= 4 is 22.7 Å². The number of carbonyl (C=O) groups is 2. The molecule has 2 N–H and O–H groups in total. The first-order valence-corrected chi connectivity index (χ1v) is 5.15. The van der Waals surface area contributed by atoms with Crippen LogP contribution < -0.4 is 5.32 Å². The minimum absolute atomic E-state index is 0.194. The first-order chi connectivity index (χ1) is 7.75. The highest BCUT2D eigenvalue weighted by Crippen LogP contribution is 2.30. The van der Waals surface area contributed by atoms with Gasteiger partial charge in [0.05, 0.1) is 5.92 Å². The Balaban J connectivity index is 2.13. The topological polar surface area (TPSA) is 62.0 Å². The molecule has 1 aromatic carbocycles. The predicted molar refractivity (Wildman–Crippen MR) is 58.8 cm³/mol. The Bertz CT molecular complexity index is 585. The van der Waals surface area contributed by atoms with Crippen molar-refractivity contribution in [3.63, 3.8) is 0 Å². The number of hydrogen-bond acceptors (Lipinski definition) is 2. The van der Waals surface area contributed by atoms with Gasteiger partial charge in [-0.25, -0.2) is 0 Å². The zero-order valence-corrected chi connectivity index (χ0v) is 8.49. The molecule has 0 unspecified atom stereocenters. The summed E-state index contributed by atoms with van der Waals surface area (Å²) in [5.41, 5.74) is 1.89. The molecule has 0 radical (unpaired) electrons. The van der Waals surface area contributed by atoms with E-state index in [1.807, 2.05) is 30.5 Å². The van der Waals surface area contributed by atoms with Gasteiger partial charge in [0.25, 0.3) is 0 Å². The number of hydrogen-bond donors (Lipinski definition) is 2. The lowest BCUT2D eigenvalue weighted by Crippen LogP contribution is -2.21. The molecule has 1 aliphatic rings. The number of para-hydroxylation sites is 1. The lowest BCUT2D eigenvalue weighted by molar-refractivity contribution is -0.125. The van der Waals surface area contributed by atoms with Crippen molar-refractivity contribution in [3.8, 4) is 0 Å². The molecule has 1 atom stereocenters. The summed E-state index contributed by atoms with van der Waals surface area (Å²) in [5.74, 6) is -0.737. The fourth-order valence-electron chi connectivity index (χ4n) is 2.19. The largest absolute Gasteiger partial charge is 0.361 e. The van der Waals surface area contributed by atoms with Crippen LogP contribution in [0.15, 0.2) is 30.5 Å². The van der Waals surface area contributed by atoms with Crippen LogP contribution in [0.4, 0.5) is 0 Å². The van der Waals surface area contributed by atoms with Gasteiger partial charge in [0.2, 0.25) is 11.8 Å². The molecule has 16 heavy (non-hydrogen) atoms.